The molecule has 2 saturated heterocycles. The van der Waals surface area contributed by atoms with Crippen LogP contribution in [0.4, 0.5) is 0 Å². The van der Waals surface area contributed by atoms with E-state index in [0.717, 1.165) is 25.6 Å². The summed E-state index contributed by atoms with van der Waals surface area (Å²) in [4.78, 5) is 2.72. The SMILES string of the molecule is CCC1CNC(C)(C2CC2)CN1CC1(C)CCCO1. The average Bonchev–Trinajstić information content (AvgIpc) is 3.15. The van der Waals surface area contributed by atoms with Crippen LogP contribution in [0.3, 0.4) is 0 Å². The van der Waals surface area contributed by atoms with E-state index in [-0.39, 0.29) is 5.60 Å². The molecule has 0 aromatic heterocycles. The van der Waals surface area contributed by atoms with Crippen LogP contribution in [0, 0.1) is 5.92 Å². The Labute approximate surface area is 118 Å². The molecule has 0 spiro atoms. The molecule has 110 valence electrons. The molecule has 2 aliphatic heterocycles. The summed E-state index contributed by atoms with van der Waals surface area (Å²) in [6.07, 6.45) is 6.54. The molecule has 3 atom stereocenters. The summed E-state index contributed by atoms with van der Waals surface area (Å²) in [6.45, 7) is 11.5. The lowest BCUT2D eigenvalue weighted by Gasteiger charge is -2.48. The summed E-state index contributed by atoms with van der Waals surface area (Å²) in [5.41, 5.74) is 0.454. The van der Waals surface area contributed by atoms with Crippen molar-refractivity contribution < 1.29 is 4.74 Å². The van der Waals surface area contributed by atoms with Gasteiger partial charge in [-0.1, -0.05) is 6.92 Å². The summed E-state index contributed by atoms with van der Waals surface area (Å²) in [5.74, 6) is 0.908. The van der Waals surface area contributed by atoms with Gasteiger partial charge >= 0.3 is 0 Å². The number of nitrogens with one attached hydrogen (secondary N) is 1. The third kappa shape index (κ3) is 2.84. The summed E-state index contributed by atoms with van der Waals surface area (Å²) >= 11 is 0. The Morgan fingerprint density at radius 1 is 1.32 bits per heavy atom. The molecule has 0 aromatic rings. The van der Waals surface area contributed by atoms with Gasteiger partial charge in [0, 0.05) is 37.8 Å². The molecule has 19 heavy (non-hydrogen) atoms. The standard InChI is InChI=1S/C16H30N2O/c1-4-14-10-17-16(3,13-6-7-13)12-18(14)11-15(2)8-5-9-19-15/h13-14,17H,4-12H2,1-3H3. The third-order valence-electron chi connectivity index (χ3n) is 5.58. The Morgan fingerprint density at radius 3 is 2.68 bits per heavy atom. The lowest BCUT2D eigenvalue weighted by atomic mass is 9.89. The first-order chi connectivity index (χ1) is 9.05. The number of rotatable bonds is 4. The smallest absolute Gasteiger partial charge is 0.0781 e. The highest BCUT2D eigenvalue weighted by molar-refractivity contribution is 5.05. The number of hydrogen-bond donors (Lipinski definition) is 1. The van der Waals surface area contributed by atoms with Crippen molar-refractivity contribution in [1.29, 1.82) is 0 Å². The van der Waals surface area contributed by atoms with Crippen LogP contribution >= 0.6 is 0 Å². The molecule has 1 N–H and O–H groups in total. The Kier molecular flexibility index (Phi) is 3.65. The molecule has 3 rings (SSSR count). The van der Waals surface area contributed by atoms with Gasteiger partial charge in [0.15, 0.2) is 0 Å². The largest absolute Gasteiger partial charge is 0.374 e. The quantitative estimate of drug-likeness (QED) is 0.845. The van der Waals surface area contributed by atoms with Crippen molar-refractivity contribution in [2.45, 2.75) is 70.1 Å². The van der Waals surface area contributed by atoms with E-state index >= 15 is 0 Å². The molecule has 3 unspecified atom stereocenters. The van der Waals surface area contributed by atoms with Gasteiger partial charge in [0.25, 0.3) is 0 Å². The third-order valence-corrected chi connectivity index (χ3v) is 5.58. The topological polar surface area (TPSA) is 24.5 Å². The normalized spacial score (nSPS) is 44.7. The molecule has 3 heteroatoms. The summed E-state index contributed by atoms with van der Waals surface area (Å²) in [5, 5.41) is 3.84. The monoisotopic (exact) mass is 266 g/mol. The first-order valence-corrected chi connectivity index (χ1v) is 8.18. The lowest BCUT2D eigenvalue weighted by Crippen LogP contribution is -2.65. The van der Waals surface area contributed by atoms with E-state index in [2.05, 4.69) is 31.0 Å². The minimum atomic E-state index is 0.106. The van der Waals surface area contributed by atoms with Crippen molar-refractivity contribution in [3.05, 3.63) is 0 Å². The van der Waals surface area contributed by atoms with Crippen LogP contribution in [0.15, 0.2) is 0 Å². The molecule has 3 nitrogen and oxygen atoms in total. The highest BCUT2D eigenvalue weighted by atomic mass is 16.5. The van der Waals surface area contributed by atoms with Crippen molar-refractivity contribution >= 4 is 0 Å². The molecule has 0 aromatic carbocycles. The average molecular weight is 266 g/mol. The van der Waals surface area contributed by atoms with Crippen molar-refractivity contribution in [3.8, 4) is 0 Å². The first-order valence-electron chi connectivity index (χ1n) is 8.18. The van der Waals surface area contributed by atoms with Gasteiger partial charge in [0.2, 0.25) is 0 Å². The molecule has 1 saturated carbocycles. The van der Waals surface area contributed by atoms with E-state index in [1.165, 1.54) is 38.6 Å². The number of nitrogens with zero attached hydrogens (tertiary/aromatic N) is 1. The van der Waals surface area contributed by atoms with E-state index < -0.39 is 0 Å². The molecule has 1 aliphatic carbocycles. The van der Waals surface area contributed by atoms with Gasteiger partial charge in [-0.15, -0.1) is 0 Å². The zero-order valence-electron chi connectivity index (χ0n) is 12.9. The minimum Gasteiger partial charge on any atom is -0.374 e. The number of hydrogen-bond acceptors (Lipinski definition) is 3. The Hall–Kier alpha value is -0.120. The van der Waals surface area contributed by atoms with E-state index in [1.807, 2.05) is 0 Å². The Morgan fingerprint density at radius 2 is 2.11 bits per heavy atom. The van der Waals surface area contributed by atoms with Crippen LogP contribution < -0.4 is 5.32 Å². The van der Waals surface area contributed by atoms with Gasteiger partial charge in [-0.05, 0) is 51.9 Å². The van der Waals surface area contributed by atoms with Crippen LogP contribution in [0.1, 0.15) is 52.9 Å². The van der Waals surface area contributed by atoms with E-state index in [9.17, 15) is 0 Å². The van der Waals surface area contributed by atoms with E-state index in [4.69, 9.17) is 4.74 Å². The molecule has 3 aliphatic rings. The van der Waals surface area contributed by atoms with Crippen LogP contribution in [0.5, 0.6) is 0 Å². The second-order valence-corrected chi connectivity index (χ2v) is 7.44. The maximum absolute atomic E-state index is 6.02. The first kappa shape index (κ1) is 13.8. The van der Waals surface area contributed by atoms with Crippen molar-refractivity contribution in [1.82, 2.24) is 10.2 Å². The molecule has 3 fully saturated rings. The van der Waals surface area contributed by atoms with Gasteiger partial charge in [-0.2, -0.15) is 0 Å². The molecule has 0 radical (unpaired) electrons. The maximum Gasteiger partial charge on any atom is 0.0781 e. The number of ether oxygens (including phenoxy) is 1. The predicted molar refractivity (Wildman–Crippen MR) is 78.4 cm³/mol. The second-order valence-electron chi connectivity index (χ2n) is 7.44. The zero-order valence-corrected chi connectivity index (χ0v) is 12.9. The fraction of sp³-hybridized carbons (Fsp3) is 1.00. The van der Waals surface area contributed by atoms with Crippen molar-refractivity contribution in [2.24, 2.45) is 5.92 Å². The van der Waals surface area contributed by atoms with E-state index in [0.29, 0.717) is 11.6 Å². The molecule has 0 bridgehead atoms. The second kappa shape index (κ2) is 5.01. The van der Waals surface area contributed by atoms with Gasteiger partial charge in [-0.3, -0.25) is 4.90 Å². The summed E-state index contributed by atoms with van der Waals surface area (Å²) in [6, 6.07) is 0.688. The van der Waals surface area contributed by atoms with Gasteiger partial charge in [0.1, 0.15) is 0 Å². The zero-order chi connectivity index (χ0) is 13.5. The minimum absolute atomic E-state index is 0.106. The van der Waals surface area contributed by atoms with Crippen LogP contribution in [-0.4, -0.2) is 48.3 Å². The van der Waals surface area contributed by atoms with Crippen LogP contribution in [0.25, 0.3) is 0 Å². The van der Waals surface area contributed by atoms with Gasteiger partial charge < -0.3 is 10.1 Å². The fourth-order valence-corrected chi connectivity index (χ4v) is 4.06. The summed E-state index contributed by atoms with van der Waals surface area (Å²) < 4.78 is 6.02. The van der Waals surface area contributed by atoms with Crippen LogP contribution in [0.2, 0.25) is 0 Å². The fourth-order valence-electron chi connectivity index (χ4n) is 4.06. The van der Waals surface area contributed by atoms with E-state index in [1.54, 1.807) is 0 Å². The van der Waals surface area contributed by atoms with Crippen LogP contribution in [-0.2, 0) is 4.74 Å². The van der Waals surface area contributed by atoms with Crippen molar-refractivity contribution in [3.63, 3.8) is 0 Å². The Balaban J connectivity index is 1.68. The predicted octanol–water partition coefficient (Wildman–Crippen LogP) is 2.41. The Bertz CT molecular complexity index is 321. The van der Waals surface area contributed by atoms with Gasteiger partial charge in [-0.25, -0.2) is 0 Å². The maximum atomic E-state index is 6.02. The van der Waals surface area contributed by atoms with Crippen molar-refractivity contribution in [2.75, 3.05) is 26.2 Å². The molecular weight excluding hydrogens is 236 g/mol. The highest BCUT2D eigenvalue weighted by Gasteiger charge is 2.47. The highest BCUT2D eigenvalue weighted by Crippen LogP contribution is 2.42. The van der Waals surface area contributed by atoms with Gasteiger partial charge in [0.05, 0.1) is 5.60 Å². The number of piperazine rings is 1. The molecule has 0 amide bonds. The lowest BCUT2D eigenvalue weighted by molar-refractivity contribution is -0.0383. The summed E-state index contributed by atoms with van der Waals surface area (Å²) in [7, 11) is 0. The molecular formula is C16H30N2O. The molecule has 2 heterocycles.